The minimum Gasteiger partial charge on any atom is -0.387 e. The summed E-state index contributed by atoms with van der Waals surface area (Å²) in [6, 6.07) is 0. The number of thiol groups is 1. The number of imidazole rings is 2. The first-order valence-corrected chi connectivity index (χ1v) is 18.9. The molecule has 7 heterocycles. The van der Waals surface area contributed by atoms with Gasteiger partial charge in [0.15, 0.2) is 41.3 Å². The number of ether oxygens (including phenoxy) is 2. The summed E-state index contributed by atoms with van der Waals surface area (Å²) < 4.78 is 79.9. The fraction of sp³-hybridized carbons (Fsp3) is 0.476. The quantitative estimate of drug-likeness (QED) is 0.142. The van der Waals surface area contributed by atoms with Crippen molar-refractivity contribution in [2.75, 3.05) is 24.7 Å². The summed E-state index contributed by atoms with van der Waals surface area (Å²) in [5.74, 6) is -0.204. The lowest BCUT2D eigenvalue weighted by molar-refractivity contribution is -0.0568. The summed E-state index contributed by atoms with van der Waals surface area (Å²) in [7, 11) is 0.193. The lowest BCUT2D eigenvalue weighted by atomic mass is 10.1. The molecule has 0 amide bonds. The molecule has 10 atom stereocenters. The summed E-state index contributed by atoms with van der Waals surface area (Å²) in [5, 5.41) is 11.2. The van der Waals surface area contributed by atoms with Crippen molar-refractivity contribution in [2.45, 2.75) is 49.1 Å². The second-order valence-corrected chi connectivity index (χ2v) is 16.6. The van der Waals surface area contributed by atoms with Gasteiger partial charge in [-0.3, -0.25) is 37.0 Å². The highest BCUT2D eigenvalue weighted by molar-refractivity contribution is 8.48. The monoisotopic (exact) mass is 720 g/mol. The van der Waals surface area contributed by atoms with E-state index >= 15 is 4.39 Å². The molecule has 0 aliphatic carbocycles. The maximum Gasteiger partial charge on any atom is 0.418 e. The molecule has 3 aliphatic heterocycles. The van der Waals surface area contributed by atoms with Gasteiger partial charge in [-0.2, -0.15) is 4.98 Å². The number of aliphatic hydroxyl groups excluding tert-OH is 1. The van der Waals surface area contributed by atoms with Gasteiger partial charge in [-0.15, -0.1) is 0 Å². The molecule has 20 nitrogen and oxygen atoms in total. The van der Waals surface area contributed by atoms with Crippen LogP contribution in [-0.2, 0) is 36.7 Å². The molecule has 4 aromatic rings. The second kappa shape index (κ2) is 11.6. The SMILES string of the molecule is C#S[P@]1(=O)OC[C@H]2O[C@@H](n3cnc4c(=O)[nH]c(N)nc43)[C@H](F)[C@@H]2O[P@](=O)(S)OC[C@H]2O[C@@H](n3cnc4c(N)ncnc43)[C@H](O1)[C@@H]2O. The topological polar surface area (TPSA) is 269 Å². The van der Waals surface area contributed by atoms with Crippen molar-refractivity contribution in [1.82, 2.24) is 39.0 Å². The van der Waals surface area contributed by atoms with Crippen LogP contribution in [0, 0.1) is 5.69 Å². The van der Waals surface area contributed by atoms with Crippen LogP contribution in [0.25, 0.3) is 22.3 Å². The first-order valence-electron chi connectivity index (χ1n) is 13.1. The van der Waals surface area contributed by atoms with Gasteiger partial charge in [-0.05, 0) is 10.8 Å². The summed E-state index contributed by atoms with van der Waals surface area (Å²) in [4.78, 5) is 34.7. The molecule has 4 aromatic heterocycles. The van der Waals surface area contributed by atoms with E-state index in [0.29, 0.717) is 0 Å². The molecular formula is C21H23FN10O10P2S2. The van der Waals surface area contributed by atoms with Gasteiger partial charge in [0.2, 0.25) is 5.95 Å². The van der Waals surface area contributed by atoms with E-state index in [-0.39, 0.29) is 44.9 Å². The van der Waals surface area contributed by atoms with Gasteiger partial charge in [0, 0.05) is 0 Å². The highest BCUT2D eigenvalue weighted by atomic mass is 32.7. The fourth-order valence-corrected chi connectivity index (χ4v) is 8.63. The van der Waals surface area contributed by atoms with E-state index in [1.54, 1.807) is 0 Å². The summed E-state index contributed by atoms with van der Waals surface area (Å²) >= 11 is 4.00. The number of nitrogens with one attached hydrogen (secondary N) is 1. The molecular weight excluding hydrogens is 697 g/mol. The van der Waals surface area contributed by atoms with Gasteiger partial charge in [-0.1, -0.05) is 17.9 Å². The molecule has 0 spiro atoms. The third-order valence-corrected chi connectivity index (χ3v) is 11.6. The van der Waals surface area contributed by atoms with Gasteiger partial charge in [0.1, 0.15) is 42.4 Å². The molecule has 2 bridgehead atoms. The number of anilines is 2. The number of halogens is 1. The predicted molar refractivity (Wildman–Crippen MR) is 159 cm³/mol. The van der Waals surface area contributed by atoms with Crippen LogP contribution in [-0.4, -0.2) is 94.0 Å². The molecule has 7 rings (SSSR count). The van der Waals surface area contributed by atoms with Crippen molar-refractivity contribution < 1.29 is 46.2 Å². The number of nitrogens with zero attached hydrogens (tertiary/aromatic N) is 7. The van der Waals surface area contributed by atoms with Crippen LogP contribution in [0.1, 0.15) is 12.5 Å². The Hall–Kier alpha value is -3.04. The Morgan fingerprint density at radius 3 is 2.46 bits per heavy atom. The number of aliphatic hydroxyl groups is 1. The Labute approximate surface area is 264 Å². The molecule has 3 saturated heterocycles. The number of rotatable bonds is 2. The van der Waals surface area contributed by atoms with Crippen LogP contribution >= 0.6 is 36.6 Å². The molecule has 3 aliphatic rings. The molecule has 0 unspecified atom stereocenters. The number of nitrogen functional groups attached to an aromatic ring is 2. The molecule has 0 aromatic carbocycles. The molecule has 0 saturated carbocycles. The van der Waals surface area contributed by atoms with Crippen molar-refractivity contribution >= 4 is 70.7 Å². The minimum absolute atomic E-state index is 0.0619. The Morgan fingerprint density at radius 2 is 1.70 bits per heavy atom. The normalized spacial score (nSPS) is 37.0. The molecule has 25 heteroatoms. The van der Waals surface area contributed by atoms with E-state index in [2.05, 4.69) is 42.2 Å². The lowest BCUT2D eigenvalue weighted by Gasteiger charge is -2.26. The van der Waals surface area contributed by atoms with Crippen LogP contribution in [0.3, 0.4) is 0 Å². The minimum atomic E-state index is -4.43. The summed E-state index contributed by atoms with van der Waals surface area (Å²) in [6.07, 6.45) is -8.86. The number of fused-ring (bicyclic) bond motifs is 5. The van der Waals surface area contributed by atoms with E-state index in [9.17, 15) is 19.0 Å². The van der Waals surface area contributed by atoms with Gasteiger partial charge in [-0.25, -0.2) is 33.5 Å². The smallest absolute Gasteiger partial charge is 0.387 e. The van der Waals surface area contributed by atoms with E-state index in [1.807, 2.05) is 0 Å². The zero-order valence-corrected chi connectivity index (χ0v) is 26.4. The standard InChI is InChI=1S/C21H23FN10O10P2S2/c1-46-44(36)38-3-8-13(9(22)19(40-8)32-6-28-11-17(32)29-21(24)30-18(11)34)41-43(35,45)37-2-7-12(33)14(42-44)20(39-7)31-5-27-10-15(23)25-4-26-16(10)31/h1,4-9,12-14,19-20,33H,2-3H2,(H,35,45)(H2,23,25,26)(H3,24,29,30,34)/t7-,8-,9-,12-,13-,14-,19-,20-,43-,44-/m1/s1. The Bertz CT molecular complexity index is 2040. The number of H-pyrrole nitrogens is 1. The number of aromatic nitrogens is 8. The van der Waals surface area contributed by atoms with Crippen LogP contribution < -0.4 is 17.0 Å². The zero-order valence-electron chi connectivity index (χ0n) is 22.9. The van der Waals surface area contributed by atoms with Crippen molar-refractivity contribution in [1.29, 1.82) is 0 Å². The average molecular weight is 721 g/mol. The molecule has 3 fully saturated rings. The fourth-order valence-electron chi connectivity index (χ4n) is 5.31. The van der Waals surface area contributed by atoms with E-state index in [0.717, 1.165) is 10.9 Å². The van der Waals surface area contributed by atoms with Crippen LogP contribution in [0.5, 0.6) is 0 Å². The van der Waals surface area contributed by atoms with Crippen LogP contribution in [0.2, 0.25) is 0 Å². The number of aromatic amines is 1. The maximum atomic E-state index is 16.1. The number of hydrogen-bond acceptors (Lipinski definition) is 17. The van der Waals surface area contributed by atoms with E-state index < -0.39 is 81.5 Å². The average Bonchev–Trinajstić information content (AvgIpc) is 3.77. The third kappa shape index (κ3) is 5.41. The Kier molecular flexibility index (Phi) is 7.95. The second-order valence-electron chi connectivity index (χ2n) is 10.2. The largest absolute Gasteiger partial charge is 0.418 e. The van der Waals surface area contributed by atoms with E-state index in [1.165, 1.54) is 17.2 Å². The van der Waals surface area contributed by atoms with Crippen LogP contribution in [0.4, 0.5) is 16.2 Å². The van der Waals surface area contributed by atoms with Gasteiger partial charge < -0.3 is 26.0 Å². The Morgan fingerprint density at radius 1 is 1.00 bits per heavy atom. The van der Waals surface area contributed by atoms with Crippen LogP contribution in [0.15, 0.2) is 23.8 Å². The molecule has 246 valence electrons. The first-order chi connectivity index (χ1) is 21.9. The van der Waals surface area contributed by atoms with Gasteiger partial charge in [0.25, 0.3) is 5.56 Å². The number of nitrogens with two attached hydrogens (primary N) is 2. The van der Waals surface area contributed by atoms with Crippen molar-refractivity contribution in [3.63, 3.8) is 0 Å². The number of alkyl halides is 1. The summed E-state index contributed by atoms with van der Waals surface area (Å²) in [5.41, 5.74) is 16.7. The van der Waals surface area contributed by atoms with Gasteiger partial charge >= 0.3 is 13.6 Å². The number of hydrogen-bond donors (Lipinski definition) is 5. The Balaban J connectivity index is 1.23. The molecule has 6 N–H and O–H groups in total. The third-order valence-electron chi connectivity index (χ3n) is 7.40. The highest BCUT2D eigenvalue weighted by Crippen LogP contribution is 2.61. The summed E-state index contributed by atoms with van der Waals surface area (Å²) in [6.45, 7) is -10.1. The highest BCUT2D eigenvalue weighted by Gasteiger charge is 2.54. The van der Waals surface area contributed by atoms with Crippen molar-refractivity contribution in [3.05, 3.63) is 29.3 Å². The zero-order chi connectivity index (χ0) is 32.5. The first kappa shape index (κ1) is 31.6. The maximum absolute atomic E-state index is 16.1. The lowest BCUT2D eigenvalue weighted by Crippen LogP contribution is -2.35. The van der Waals surface area contributed by atoms with Crippen molar-refractivity contribution in [2.24, 2.45) is 0 Å². The molecule has 0 radical (unpaired) electrons. The molecule has 46 heavy (non-hydrogen) atoms. The van der Waals surface area contributed by atoms with E-state index in [4.69, 9.17) is 44.7 Å². The van der Waals surface area contributed by atoms with Gasteiger partial charge in [0.05, 0.1) is 25.9 Å². The predicted octanol–water partition coefficient (Wildman–Crippen LogP) is 0.903. The van der Waals surface area contributed by atoms with Crippen molar-refractivity contribution in [3.8, 4) is 5.69 Å².